The number of aryl methyl sites for hydroxylation is 2. The number of hydrogen-bond donors (Lipinski definition) is 1. The number of hydrogen-bond acceptors (Lipinski definition) is 4. The minimum atomic E-state index is -0.121. The molecule has 19 heavy (non-hydrogen) atoms. The molecule has 0 saturated carbocycles. The van der Waals surface area contributed by atoms with Crippen LogP contribution < -0.4 is 4.90 Å². The first kappa shape index (κ1) is 14.3. The third-order valence-electron chi connectivity index (χ3n) is 4.06. The van der Waals surface area contributed by atoms with E-state index in [1.54, 1.807) is 7.11 Å². The highest BCUT2D eigenvalue weighted by molar-refractivity contribution is 5.52. The van der Waals surface area contributed by atoms with Gasteiger partial charge in [-0.25, -0.2) is 4.98 Å². The molecule has 0 aliphatic carbocycles. The maximum Gasteiger partial charge on any atom is 0.134 e. The lowest BCUT2D eigenvalue weighted by atomic mass is 9.94. The van der Waals surface area contributed by atoms with Crippen molar-refractivity contribution in [2.45, 2.75) is 45.8 Å². The molecule has 1 aliphatic heterocycles. The molecule has 106 valence electrons. The van der Waals surface area contributed by atoms with E-state index in [9.17, 15) is 5.11 Å². The summed E-state index contributed by atoms with van der Waals surface area (Å²) in [5.41, 5.74) is 2.92. The van der Waals surface area contributed by atoms with Gasteiger partial charge in [0, 0.05) is 31.5 Å². The molecule has 1 saturated heterocycles. The number of nitrogens with zero attached hydrogens (tertiary/aromatic N) is 2. The quantitative estimate of drug-likeness (QED) is 0.909. The molecule has 1 atom stereocenters. The number of pyridine rings is 1. The second-order valence-electron chi connectivity index (χ2n) is 5.72. The van der Waals surface area contributed by atoms with Gasteiger partial charge < -0.3 is 14.7 Å². The Morgan fingerprint density at radius 3 is 2.84 bits per heavy atom. The normalized spacial score (nSPS) is 23.7. The van der Waals surface area contributed by atoms with Gasteiger partial charge in [0.25, 0.3) is 0 Å². The van der Waals surface area contributed by atoms with Crippen LogP contribution in [0.3, 0.4) is 0 Å². The van der Waals surface area contributed by atoms with Crippen LogP contribution >= 0.6 is 0 Å². The van der Waals surface area contributed by atoms with Gasteiger partial charge in [0.15, 0.2) is 0 Å². The molecule has 1 aromatic rings. The molecule has 1 aromatic heterocycles. The summed E-state index contributed by atoms with van der Waals surface area (Å²) in [4.78, 5) is 6.89. The van der Waals surface area contributed by atoms with E-state index in [4.69, 9.17) is 4.74 Å². The van der Waals surface area contributed by atoms with Gasteiger partial charge in [-0.05, 0) is 45.2 Å². The molecule has 4 nitrogen and oxygen atoms in total. The zero-order valence-corrected chi connectivity index (χ0v) is 12.4. The second kappa shape index (κ2) is 5.47. The van der Waals surface area contributed by atoms with Gasteiger partial charge >= 0.3 is 0 Å². The van der Waals surface area contributed by atoms with Gasteiger partial charge in [-0.15, -0.1) is 0 Å². The van der Waals surface area contributed by atoms with Crippen molar-refractivity contribution in [2.75, 3.05) is 25.1 Å². The molecule has 0 amide bonds. The Balaban J connectivity index is 2.35. The summed E-state index contributed by atoms with van der Waals surface area (Å²) in [7, 11) is 1.77. The number of rotatable bonds is 3. The highest BCUT2D eigenvalue weighted by Gasteiger charge is 2.32. The van der Waals surface area contributed by atoms with Crippen molar-refractivity contribution in [1.29, 1.82) is 0 Å². The highest BCUT2D eigenvalue weighted by Crippen LogP contribution is 2.30. The summed E-state index contributed by atoms with van der Waals surface area (Å²) in [6, 6.07) is 2.02. The smallest absolute Gasteiger partial charge is 0.134 e. The number of piperidine rings is 1. The Kier molecular flexibility index (Phi) is 4.11. The predicted octanol–water partition coefficient (Wildman–Crippen LogP) is 2.20. The lowest BCUT2D eigenvalue weighted by Crippen LogP contribution is -2.48. The molecule has 1 aliphatic rings. The summed E-state index contributed by atoms with van der Waals surface area (Å²) in [6.07, 6.45) is 2.16. The van der Waals surface area contributed by atoms with Crippen molar-refractivity contribution in [2.24, 2.45) is 0 Å². The number of methoxy groups -OCH3 is 1. The molecule has 1 unspecified atom stereocenters. The fraction of sp³-hybridized carbons (Fsp3) is 0.667. The Morgan fingerprint density at radius 1 is 1.47 bits per heavy atom. The second-order valence-corrected chi connectivity index (χ2v) is 5.72. The molecule has 0 radical (unpaired) electrons. The van der Waals surface area contributed by atoms with Crippen LogP contribution in [-0.4, -0.2) is 35.9 Å². The van der Waals surface area contributed by atoms with Crippen LogP contribution in [0.2, 0.25) is 0 Å². The van der Waals surface area contributed by atoms with E-state index in [0.29, 0.717) is 0 Å². The Hall–Kier alpha value is -1.13. The van der Waals surface area contributed by atoms with Gasteiger partial charge in [-0.3, -0.25) is 0 Å². The van der Waals surface area contributed by atoms with Crippen molar-refractivity contribution in [3.8, 4) is 0 Å². The molecule has 4 heteroatoms. The fourth-order valence-corrected chi connectivity index (χ4v) is 2.85. The van der Waals surface area contributed by atoms with Crippen LogP contribution in [0.15, 0.2) is 6.07 Å². The van der Waals surface area contributed by atoms with Crippen LogP contribution in [0.25, 0.3) is 0 Å². The van der Waals surface area contributed by atoms with E-state index in [0.717, 1.165) is 48.6 Å². The molecule has 0 spiro atoms. The molecule has 0 aromatic carbocycles. The van der Waals surface area contributed by atoms with E-state index in [1.165, 1.54) is 0 Å². The first-order chi connectivity index (χ1) is 8.99. The van der Waals surface area contributed by atoms with E-state index in [2.05, 4.69) is 16.8 Å². The molecule has 0 bridgehead atoms. The van der Waals surface area contributed by atoms with Crippen LogP contribution in [0.1, 0.15) is 36.6 Å². The predicted molar refractivity (Wildman–Crippen MR) is 76.5 cm³/mol. The van der Waals surface area contributed by atoms with E-state index < -0.39 is 0 Å². The maximum absolute atomic E-state index is 9.61. The third-order valence-corrected chi connectivity index (χ3v) is 4.06. The molecular formula is C15H24N2O2. The standard InChI is InChI=1S/C15H24N2O2/c1-11-8-12(2)16-14(13(11)9-18)17-7-5-6-15(3,10-17)19-4/h8,18H,5-7,9-10H2,1-4H3. The number of aromatic nitrogens is 1. The van der Waals surface area contributed by atoms with Crippen LogP contribution in [0.5, 0.6) is 0 Å². The summed E-state index contributed by atoms with van der Waals surface area (Å²) in [6.45, 7) is 8.00. The third kappa shape index (κ3) is 2.90. The topological polar surface area (TPSA) is 45.6 Å². The van der Waals surface area contributed by atoms with Gasteiger partial charge in [-0.1, -0.05) is 0 Å². The summed E-state index contributed by atoms with van der Waals surface area (Å²) in [5.74, 6) is 0.919. The Morgan fingerprint density at radius 2 is 2.21 bits per heavy atom. The number of anilines is 1. The van der Waals surface area contributed by atoms with Gasteiger partial charge in [-0.2, -0.15) is 0 Å². The van der Waals surface area contributed by atoms with Crippen molar-refractivity contribution in [1.82, 2.24) is 4.98 Å². The van der Waals surface area contributed by atoms with E-state index in [1.807, 2.05) is 19.9 Å². The average molecular weight is 264 g/mol. The first-order valence-corrected chi connectivity index (χ1v) is 6.87. The fourth-order valence-electron chi connectivity index (χ4n) is 2.85. The van der Waals surface area contributed by atoms with Gasteiger partial charge in [0.1, 0.15) is 5.82 Å². The SMILES string of the molecule is COC1(C)CCCN(c2nc(C)cc(C)c2CO)C1. The molecule has 1 fully saturated rings. The minimum absolute atomic E-state index is 0.0364. The largest absolute Gasteiger partial charge is 0.392 e. The monoisotopic (exact) mass is 264 g/mol. The summed E-state index contributed by atoms with van der Waals surface area (Å²) < 4.78 is 5.63. The summed E-state index contributed by atoms with van der Waals surface area (Å²) >= 11 is 0. The van der Waals surface area contributed by atoms with E-state index in [-0.39, 0.29) is 12.2 Å². The van der Waals surface area contributed by atoms with Crippen LogP contribution in [0.4, 0.5) is 5.82 Å². The minimum Gasteiger partial charge on any atom is -0.392 e. The zero-order chi connectivity index (χ0) is 14.0. The van der Waals surface area contributed by atoms with Crippen molar-refractivity contribution >= 4 is 5.82 Å². The Bertz CT molecular complexity index is 462. The molecule has 2 heterocycles. The van der Waals surface area contributed by atoms with Crippen molar-refractivity contribution in [3.05, 3.63) is 22.9 Å². The average Bonchev–Trinajstić information content (AvgIpc) is 2.38. The van der Waals surface area contributed by atoms with Crippen molar-refractivity contribution in [3.63, 3.8) is 0 Å². The number of aliphatic hydroxyl groups excluding tert-OH is 1. The lowest BCUT2D eigenvalue weighted by Gasteiger charge is -2.40. The Labute approximate surface area is 115 Å². The van der Waals surface area contributed by atoms with Crippen LogP contribution in [-0.2, 0) is 11.3 Å². The zero-order valence-electron chi connectivity index (χ0n) is 12.4. The molecule has 2 rings (SSSR count). The van der Waals surface area contributed by atoms with E-state index >= 15 is 0 Å². The number of aliphatic hydroxyl groups is 1. The summed E-state index contributed by atoms with van der Waals surface area (Å²) in [5, 5.41) is 9.61. The lowest BCUT2D eigenvalue weighted by molar-refractivity contribution is -0.00489. The van der Waals surface area contributed by atoms with Crippen LogP contribution in [0, 0.1) is 13.8 Å². The number of ether oxygens (including phenoxy) is 1. The van der Waals surface area contributed by atoms with Gasteiger partial charge in [0.2, 0.25) is 0 Å². The van der Waals surface area contributed by atoms with Crippen molar-refractivity contribution < 1.29 is 9.84 Å². The first-order valence-electron chi connectivity index (χ1n) is 6.87. The molecule has 1 N–H and O–H groups in total. The highest BCUT2D eigenvalue weighted by atomic mass is 16.5. The van der Waals surface area contributed by atoms with Gasteiger partial charge in [0.05, 0.1) is 12.2 Å². The molecular weight excluding hydrogens is 240 g/mol. The maximum atomic E-state index is 9.61.